The Bertz CT molecular complexity index is 532. The second-order valence-electron chi connectivity index (χ2n) is 4.62. The van der Waals surface area contributed by atoms with Gasteiger partial charge in [-0.2, -0.15) is 5.10 Å². The number of fused-ring (bicyclic) bond motifs is 1. The Morgan fingerprint density at radius 1 is 1.53 bits per heavy atom. The Kier molecular flexibility index (Phi) is 2.57. The smallest absolute Gasteiger partial charge is 0.160 e. The van der Waals surface area contributed by atoms with E-state index in [0.717, 1.165) is 17.0 Å². The van der Waals surface area contributed by atoms with Gasteiger partial charge in [-0.25, -0.2) is 9.50 Å². The number of nitrogens with two attached hydrogens (primary N) is 1. The zero-order valence-corrected chi connectivity index (χ0v) is 9.58. The van der Waals surface area contributed by atoms with Crippen LogP contribution in [0.3, 0.4) is 0 Å². The first-order chi connectivity index (χ1) is 8.29. The van der Waals surface area contributed by atoms with Gasteiger partial charge in [-0.05, 0) is 18.9 Å². The fourth-order valence-electron chi connectivity index (χ4n) is 2.17. The molecule has 0 spiro atoms. The van der Waals surface area contributed by atoms with Crippen LogP contribution in [0, 0.1) is 0 Å². The minimum Gasteiger partial charge on any atom is -0.394 e. The summed E-state index contributed by atoms with van der Waals surface area (Å²) in [4.78, 5) is 4.56. The molecule has 1 unspecified atom stereocenters. The van der Waals surface area contributed by atoms with Crippen LogP contribution >= 0.6 is 0 Å². The van der Waals surface area contributed by atoms with Crippen molar-refractivity contribution in [1.29, 1.82) is 0 Å². The number of aliphatic hydroxyl groups is 1. The van der Waals surface area contributed by atoms with Crippen LogP contribution in [0.15, 0.2) is 18.3 Å². The zero-order valence-electron chi connectivity index (χ0n) is 9.58. The van der Waals surface area contributed by atoms with Gasteiger partial charge in [0.1, 0.15) is 0 Å². The summed E-state index contributed by atoms with van der Waals surface area (Å²) in [5, 5.41) is 13.6. The number of nitrogens with zero attached hydrogens (tertiary/aromatic N) is 3. The third-order valence-electron chi connectivity index (χ3n) is 3.48. The summed E-state index contributed by atoms with van der Waals surface area (Å²) in [5.74, 6) is 1.42. The fourth-order valence-corrected chi connectivity index (χ4v) is 2.17. The Morgan fingerprint density at radius 2 is 2.35 bits per heavy atom. The first-order valence-electron chi connectivity index (χ1n) is 6.01. The molecular weight excluding hydrogens is 216 g/mol. The first-order valence-corrected chi connectivity index (χ1v) is 6.01. The summed E-state index contributed by atoms with van der Waals surface area (Å²) >= 11 is 0. The highest BCUT2D eigenvalue weighted by atomic mass is 16.3. The van der Waals surface area contributed by atoms with Crippen molar-refractivity contribution in [3.63, 3.8) is 0 Å². The molecular formula is C12H16N4O. The van der Waals surface area contributed by atoms with Crippen LogP contribution in [0.4, 0.5) is 0 Å². The van der Waals surface area contributed by atoms with E-state index in [4.69, 9.17) is 10.8 Å². The van der Waals surface area contributed by atoms with Crippen molar-refractivity contribution in [2.45, 2.75) is 31.2 Å². The molecule has 17 heavy (non-hydrogen) atoms. The minimum absolute atomic E-state index is 0.0781. The molecule has 3 N–H and O–H groups in total. The Labute approximate surface area is 99.3 Å². The lowest BCUT2D eigenvalue weighted by molar-refractivity contribution is 0.268. The fraction of sp³-hybridized carbons (Fsp3) is 0.500. The van der Waals surface area contributed by atoms with Gasteiger partial charge >= 0.3 is 0 Å². The van der Waals surface area contributed by atoms with Gasteiger partial charge in [0, 0.05) is 17.7 Å². The SMILES string of the molecule is NC(CO)c1cccn2nc(C3CCC3)nc12. The average molecular weight is 232 g/mol. The summed E-state index contributed by atoms with van der Waals surface area (Å²) in [6.07, 6.45) is 5.50. The number of aliphatic hydroxyl groups excluding tert-OH is 1. The summed E-state index contributed by atoms with van der Waals surface area (Å²) in [6.45, 7) is -0.0781. The van der Waals surface area contributed by atoms with Crippen molar-refractivity contribution in [1.82, 2.24) is 14.6 Å². The van der Waals surface area contributed by atoms with Crippen LogP contribution in [-0.2, 0) is 0 Å². The maximum atomic E-state index is 9.14. The second-order valence-corrected chi connectivity index (χ2v) is 4.62. The lowest BCUT2D eigenvalue weighted by Gasteiger charge is -2.21. The number of pyridine rings is 1. The third-order valence-corrected chi connectivity index (χ3v) is 3.48. The zero-order chi connectivity index (χ0) is 11.8. The van der Waals surface area contributed by atoms with Gasteiger partial charge in [0.15, 0.2) is 11.5 Å². The molecule has 0 aromatic carbocycles. The minimum atomic E-state index is -0.392. The molecule has 0 saturated heterocycles. The van der Waals surface area contributed by atoms with E-state index in [1.807, 2.05) is 18.3 Å². The summed E-state index contributed by atoms with van der Waals surface area (Å²) in [7, 11) is 0. The average Bonchev–Trinajstić information content (AvgIpc) is 2.68. The molecule has 1 saturated carbocycles. The lowest BCUT2D eigenvalue weighted by atomic mass is 9.85. The molecule has 0 aliphatic heterocycles. The van der Waals surface area contributed by atoms with Gasteiger partial charge in [-0.15, -0.1) is 0 Å². The van der Waals surface area contributed by atoms with Crippen LogP contribution < -0.4 is 5.73 Å². The Morgan fingerprint density at radius 3 is 3.00 bits per heavy atom. The standard InChI is InChI=1S/C12H16N4O/c13-10(7-17)9-5-2-6-16-12(9)14-11(15-16)8-3-1-4-8/h2,5-6,8,10,17H,1,3-4,7,13H2. The van der Waals surface area contributed by atoms with Gasteiger partial charge in [0.2, 0.25) is 0 Å². The molecule has 1 aliphatic carbocycles. The van der Waals surface area contributed by atoms with Gasteiger partial charge in [-0.1, -0.05) is 12.5 Å². The van der Waals surface area contributed by atoms with Gasteiger partial charge in [-0.3, -0.25) is 0 Å². The van der Waals surface area contributed by atoms with E-state index in [-0.39, 0.29) is 6.61 Å². The van der Waals surface area contributed by atoms with Crippen molar-refractivity contribution in [3.8, 4) is 0 Å². The highest BCUT2D eigenvalue weighted by Crippen LogP contribution is 2.34. The maximum absolute atomic E-state index is 9.14. The Hall–Kier alpha value is -1.46. The van der Waals surface area contributed by atoms with E-state index in [9.17, 15) is 0 Å². The van der Waals surface area contributed by atoms with Crippen LogP contribution in [0.1, 0.15) is 42.6 Å². The monoisotopic (exact) mass is 232 g/mol. The largest absolute Gasteiger partial charge is 0.394 e. The number of hydrogen-bond donors (Lipinski definition) is 2. The van der Waals surface area contributed by atoms with Gasteiger partial charge in [0.25, 0.3) is 0 Å². The van der Waals surface area contributed by atoms with Crippen LogP contribution in [0.5, 0.6) is 0 Å². The molecule has 5 nitrogen and oxygen atoms in total. The number of rotatable bonds is 3. The highest BCUT2D eigenvalue weighted by Gasteiger charge is 2.24. The molecule has 2 aromatic rings. The van der Waals surface area contributed by atoms with Gasteiger partial charge in [0.05, 0.1) is 12.6 Å². The molecule has 2 aromatic heterocycles. The molecule has 1 atom stereocenters. The molecule has 0 bridgehead atoms. The molecule has 1 fully saturated rings. The van der Waals surface area contributed by atoms with Crippen molar-refractivity contribution in [2.24, 2.45) is 5.73 Å². The highest BCUT2D eigenvalue weighted by molar-refractivity contribution is 5.49. The van der Waals surface area contributed by atoms with Gasteiger partial charge < -0.3 is 10.8 Å². The summed E-state index contributed by atoms with van der Waals surface area (Å²) < 4.78 is 1.76. The summed E-state index contributed by atoms with van der Waals surface area (Å²) in [5.41, 5.74) is 7.49. The van der Waals surface area contributed by atoms with Crippen molar-refractivity contribution >= 4 is 5.65 Å². The van der Waals surface area contributed by atoms with Crippen molar-refractivity contribution < 1.29 is 5.11 Å². The molecule has 5 heteroatoms. The third kappa shape index (κ3) is 1.71. The molecule has 1 aliphatic rings. The number of aromatic nitrogens is 3. The molecule has 0 amide bonds. The van der Waals surface area contributed by atoms with Crippen LogP contribution in [0.25, 0.3) is 5.65 Å². The van der Waals surface area contributed by atoms with E-state index in [0.29, 0.717) is 5.92 Å². The van der Waals surface area contributed by atoms with E-state index >= 15 is 0 Å². The normalized spacial score (nSPS) is 18.2. The second kappa shape index (κ2) is 4.09. The number of hydrogen-bond acceptors (Lipinski definition) is 4. The van der Waals surface area contributed by atoms with E-state index in [1.54, 1.807) is 4.52 Å². The lowest BCUT2D eigenvalue weighted by Crippen LogP contribution is -2.15. The predicted molar refractivity (Wildman–Crippen MR) is 63.6 cm³/mol. The van der Waals surface area contributed by atoms with Crippen LogP contribution in [0.2, 0.25) is 0 Å². The summed E-state index contributed by atoms with van der Waals surface area (Å²) in [6, 6.07) is 3.39. The molecule has 2 heterocycles. The molecule has 3 rings (SSSR count). The van der Waals surface area contributed by atoms with Crippen molar-refractivity contribution in [2.75, 3.05) is 6.61 Å². The molecule has 90 valence electrons. The van der Waals surface area contributed by atoms with E-state index < -0.39 is 6.04 Å². The Balaban J connectivity index is 2.07. The van der Waals surface area contributed by atoms with E-state index in [1.165, 1.54) is 19.3 Å². The topological polar surface area (TPSA) is 76.4 Å². The molecule has 0 radical (unpaired) electrons. The first kappa shape index (κ1) is 10.7. The quantitative estimate of drug-likeness (QED) is 0.827. The predicted octanol–water partition coefficient (Wildman–Crippen LogP) is 0.989. The van der Waals surface area contributed by atoms with Crippen LogP contribution in [-0.4, -0.2) is 26.3 Å². The van der Waals surface area contributed by atoms with E-state index in [2.05, 4.69) is 10.1 Å². The van der Waals surface area contributed by atoms with Crippen molar-refractivity contribution in [3.05, 3.63) is 29.7 Å². The maximum Gasteiger partial charge on any atom is 0.160 e.